The number of halogens is 1. The summed E-state index contributed by atoms with van der Waals surface area (Å²) in [5, 5.41) is 1.82. The van der Waals surface area contributed by atoms with Gasteiger partial charge in [0.25, 0.3) is 5.91 Å². The Morgan fingerprint density at radius 2 is 2.50 bits per heavy atom. The molecule has 0 aromatic carbocycles. The summed E-state index contributed by atoms with van der Waals surface area (Å²) in [6, 6.07) is 3.16. The number of carbonyl (C=O) groups excluding carboxylic acids is 1. The maximum atomic E-state index is 11.7. The molecule has 1 aromatic rings. The second-order valence-electron chi connectivity index (χ2n) is 2.95. The first-order chi connectivity index (χ1) is 6.77. The van der Waals surface area contributed by atoms with Gasteiger partial charge in [-0.2, -0.15) is 0 Å². The third kappa shape index (κ3) is 1.86. The first-order valence-corrected chi connectivity index (χ1v) is 4.71. The molecular weight excluding hydrogens is 204 g/mol. The first-order valence-electron chi connectivity index (χ1n) is 4.34. The van der Waals surface area contributed by atoms with Gasteiger partial charge in [0.15, 0.2) is 0 Å². The molecule has 0 aliphatic carbocycles. The Bertz CT molecular complexity index is 350. The summed E-state index contributed by atoms with van der Waals surface area (Å²) in [5.74, 6) is -0.231. The predicted octanol–water partition coefficient (Wildman–Crippen LogP) is 1.51. The maximum Gasteiger partial charge on any atom is 0.296 e. The second kappa shape index (κ2) is 3.94. The van der Waals surface area contributed by atoms with Crippen LogP contribution in [0.15, 0.2) is 18.3 Å². The predicted molar refractivity (Wildman–Crippen MR) is 50.9 cm³/mol. The van der Waals surface area contributed by atoms with Crippen molar-refractivity contribution in [2.24, 2.45) is 0 Å². The van der Waals surface area contributed by atoms with Crippen molar-refractivity contribution in [3.8, 4) is 0 Å². The van der Waals surface area contributed by atoms with Crippen molar-refractivity contribution < 1.29 is 9.63 Å². The summed E-state index contributed by atoms with van der Waals surface area (Å²) < 4.78 is 0. The van der Waals surface area contributed by atoms with Crippen molar-refractivity contribution in [3.63, 3.8) is 0 Å². The van der Waals surface area contributed by atoms with Crippen LogP contribution in [0.25, 0.3) is 0 Å². The second-order valence-corrected chi connectivity index (χ2v) is 3.39. The van der Waals surface area contributed by atoms with Crippen molar-refractivity contribution in [3.05, 3.63) is 29.0 Å². The van der Waals surface area contributed by atoms with E-state index in [0.29, 0.717) is 23.9 Å². The molecule has 0 saturated carbocycles. The fraction of sp³-hybridized carbons (Fsp3) is 0.333. The van der Waals surface area contributed by atoms with Crippen LogP contribution >= 0.6 is 11.6 Å². The molecule has 74 valence electrons. The Morgan fingerprint density at radius 1 is 1.64 bits per heavy atom. The minimum atomic E-state index is -0.231. The van der Waals surface area contributed by atoms with Gasteiger partial charge in [-0.15, -0.1) is 0 Å². The lowest BCUT2D eigenvalue weighted by Crippen LogP contribution is -2.27. The molecule has 0 N–H and O–H groups in total. The van der Waals surface area contributed by atoms with Crippen LogP contribution in [0.4, 0.5) is 0 Å². The lowest BCUT2D eigenvalue weighted by molar-refractivity contribution is -0.0771. The summed E-state index contributed by atoms with van der Waals surface area (Å²) in [6.07, 6.45) is 2.37. The van der Waals surface area contributed by atoms with Crippen LogP contribution in [-0.2, 0) is 4.84 Å². The molecule has 1 saturated heterocycles. The molecule has 1 aliphatic heterocycles. The van der Waals surface area contributed by atoms with Gasteiger partial charge in [-0.3, -0.25) is 14.6 Å². The molecule has 1 aromatic heterocycles. The van der Waals surface area contributed by atoms with Crippen LogP contribution in [0.3, 0.4) is 0 Å². The Hall–Kier alpha value is -1.13. The van der Waals surface area contributed by atoms with Crippen LogP contribution in [-0.4, -0.2) is 29.1 Å². The normalized spacial score (nSPS) is 15.9. The molecule has 2 heterocycles. The van der Waals surface area contributed by atoms with Crippen molar-refractivity contribution in [2.45, 2.75) is 6.42 Å². The topological polar surface area (TPSA) is 42.4 Å². The van der Waals surface area contributed by atoms with Gasteiger partial charge in [0.2, 0.25) is 0 Å². The number of amides is 1. The van der Waals surface area contributed by atoms with Gasteiger partial charge in [0.05, 0.1) is 13.2 Å². The van der Waals surface area contributed by atoms with E-state index >= 15 is 0 Å². The van der Waals surface area contributed by atoms with Crippen LogP contribution in [0.5, 0.6) is 0 Å². The number of hydrogen-bond donors (Lipinski definition) is 0. The fourth-order valence-electron chi connectivity index (χ4n) is 1.26. The Kier molecular flexibility index (Phi) is 2.65. The Balaban J connectivity index is 2.17. The smallest absolute Gasteiger partial charge is 0.271 e. The summed E-state index contributed by atoms with van der Waals surface area (Å²) in [5.41, 5.74) is 0.319. The van der Waals surface area contributed by atoms with Gasteiger partial charge < -0.3 is 0 Å². The zero-order chi connectivity index (χ0) is 9.97. The average Bonchev–Trinajstić information content (AvgIpc) is 2.69. The standard InChI is InChI=1S/C9H9ClN2O2/c10-7-2-3-11-8(6-7)9(13)12-4-1-5-14-12/h2-3,6H,1,4-5H2. The van der Waals surface area contributed by atoms with E-state index in [-0.39, 0.29) is 5.91 Å². The van der Waals surface area contributed by atoms with Crippen LogP contribution in [0, 0.1) is 0 Å². The molecule has 0 radical (unpaired) electrons. The lowest BCUT2D eigenvalue weighted by atomic mass is 10.3. The summed E-state index contributed by atoms with van der Waals surface area (Å²) in [6.45, 7) is 1.21. The molecule has 1 aliphatic rings. The number of aromatic nitrogens is 1. The van der Waals surface area contributed by atoms with Crippen molar-refractivity contribution in [1.82, 2.24) is 10.0 Å². The molecule has 0 bridgehead atoms. The number of carbonyl (C=O) groups is 1. The van der Waals surface area contributed by atoms with Crippen molar-refractivity contribution >= 4 is 17.5 Å². The lowest BCUT2D eigenvalue weighted by Gasteiger charge is -2.12. The number of pyridine rings is 1. The quantitative estimate of drug-likeness (QED) is 0.709. The summed E-state index contributed by atoms with van der Waals surface area (Å²) in [4.78, 5) is 20.7. The highest BCUT2D eigenvalue weighted by atomic mass is 35.5. The molecule has 5 heteroatoms. The van der Waals surface area contributed by atoms with E-state index in [1.807, 2.05) is 0 Å². The van der Waals surface area contributed by atoms with E-state index < -0.39 is 0 Å². The number of nitrogens with zero attached hydrogens (tertiary/aromatic N) is 2. The van der Waals surface area contributed by atoms with Crippen LogP contribution in [0.2, 0.25) is 5.02 Å². The molecule has 2 rings (SSSR count). The van der Waals surface area contributed by atoms with Crippen LogP contribution < -0.4 is 0 Å². The van der Waals surface area contributed by atoms with Gasteiger partial charge in [-0.05, 0) is 18.6 Å². The van der Waals surface area contributed by atoms with Crippen molar-refractivity contribution in [2.75, 3.05) is 13.2 Å². The highest BCUT2D eigenvalue weighted by molar-refractivity contribution is 6.30. The zero-order valence-corrected chi connectivity index (χ0v) is 8.20. The van der Waals surface area contributed by atoms with Gasteiger partial charge in [0.1, 0.15) is 5.69 Å². The van der Waals surface area contributed by atoms with E-state index in [1.165, 1.54) is 17.3 Å². The summed E-state index contributed by atoms with van der Waals surface area (Å²) >= 11 is 5.74. The van der Waals surface area contributed by atoms with Gasteiger partial charge >= 0.3 is 0 Å². The molecule has 1 amide bonds. The molecule has 14 heavy (non-hydrogen) atoms. The van der Waals surface area contributed by atoms with Crippen molar-refractivity contribution in [1.29, 1.82) is 0 Å². The highest BCUT2D eigenvalue weighted by Gasteiger charge is 2.21. The Labute approximate surface area is 86.4 Å². The van der Waals surface area contributed by atoms with Gasteiger partial charge in [0, 0.05) is 11.2 Å². The van der Waals surface area contributed by atoms with Crippen LogP contribution in [0.1, 0.15) is 16.9 Å². The Morgan fingerprint density at radius 3 is 3.14 bits per heavy atom. The third-order valence-electron chi connectivity index (χ3n) is 1.92. The number of hydrogen-bond acceptors (Lipinski definition) is 3. The highest BCUT2D eigenvalue weighted by Crippen LogP contribution is 2.13. The largest absolute Gasteiger partial charge is 0.296 e. The molecule has 0 atom stereocenters. The number of hydroxylamine groups is 2. The zero-order valence-electron chi connectivity index (χ0n) is 7.44. The third-order valence-corrected chi connectivity index (χ3v) is 2.16. The van der Waals surface area contributed by atoms with E-state index in [1.54, 1.807) is 6.07 Å². The molecular formula is C9H9ClN2O2. The fourth-order valence-corrected chi connectivity index (χ4v) is 1.42. The summed E-state index contributed by atoms with van der Waals surface area (Å²) in [7, 11) is 0. The van der Waals surface area contributed by atoms with E-state index in [4.69, 9.17) is 16.4 Å². The first kappa shape index (κ1) is 9.43. The molecule has 4 nitrogen and oxygen atoms in total. The van der Waals surface area contributed by atoms with E-state index in [2.05, 4.69) is 4.98 Å². The van der Waals surface area contributed by atoms with Gasteiger partial charge in [-0.25, -0.2) is 5.06 Å². The SMILES string of the molecule is O=C(c1cc(Cl)ccn1)N1CCCO1. The molecule has 0 unspecified atom stereocenters. The minimum absolute atomic E-state index is 0.231. The number of rotatable bonds is 1. The maximum absolute atomic E-state index is 11.7. The molecule has 0 spiro atoms. The minimum Gasteiger partial charge on any atom is -0.271 e. The van der Waals surface area contributed by atoms with E-state index in [0.717, 1.165) is 6.42 Å². The van der Waals surface area contributed by atoms with Gasteiger partial charge in [-0.1, -0.05) is 11.6 Å². The molecule has 1 fully saturated rings. The monoisotopic (exact) mass is 212 g/mol. The average molecular weight is 213 g/mol. The van der Waals surface area contributed by atoms with E-state index in [9.17, 15) is 4.79 Å².